The topological polar surface area (TPSA) is 12.0 Å². The summed E-state index contributed by atoms with van der Waals surface area (Å²) in [5.74, 6) is 0. The first-order valence-corrected chi connectivity index (χ1v) is 6.45. The van der Waals surface area contributed by atoms with Crippen LogP contribution in [0.3, 0.4) is 0 Å². The maximum atomic E-state index is 5.84. The molecule has 2 aromatic rings. The van der Waals surface area contributed by atoms with Crippen LogP contribution in [0, 0.1) is 0 Å². The first-order chi connectivity index (χ1) is 8.79. The van der Waals surface area contributed by atoms with Crippen molar-refractivity contribution in [3.63, 3.8) is 0 Å². The molecule has 0 saturated heterocycles. The highest BCUT2D eigenvalue weighted by atomic mass is 35.5. The van der Waals surface area contributed by atoms with Gasteiger partial charge in [0.2, 0.25) is 0 Å². The van der Waals surface area contributed by atoms with E-state index in [1.807, 2.05) is 48.5 Å². The third kappa shape index (κ3) is 3.52. The Labute approximate surface area is 117 Å². The Kier molecular flexibility index (Phi) is 4.68. The Hall–Kier alpha value is -1.44. The Morgan fingerprint density at radius 3 is 2.44 bits per heavy atom. The third-order valence-electron chi connectivity index (χ3n) is 2.62. The Bertz CT molecular complexity index is 532. The lowest BCUT2D eigenvalue weighted by molar-refractivity contribution is 1.14. The van der Waals surface area contributed by atoms with Gasteiger partial charge in [-0.3, -0.25) is 0 Å². The average Bonchev–Trinajstić information content (AvgIpc) is 2.40. The van der Waals surface area contributed by atoms with Crippen LogP contribution < -0.4 is 5.32 Å². The number of halogens is 2. The van der Waals surface area contributed by atoms with Crippen molar-refractivity contribution in [2.24, 2.45) is 0 Å². The van der Waals surface area contributed by atoms with Gasteiger partial charge >= 0.3 is 0 Å². The minimum atomic E-state index is 0.742. The first kappa shape index (κ1) is 13.0. The monoisotopic (exact) mass is 277 g/mol. The molecule has 0 aliphatic rings. The van der Waals surface area contributed by atoms with Gasteiger partial charge in [-0.05, 0) is 41.5 Å². The minimum Gasteiger partial charge on any atom is -0.381 e. The molecule has 2 rings (SSSR count). The molecule has 0 atom stereocenters. The second-order valence-corrected chi connectivity index (χ2v) is 4.54. The van der Waals surface area contributed by atoms with Crippen LogP contribution in [-0.4, -0.2) is 0 Å². The van der Waals surface area contributed by atoms with Crippen molar-refractivity contribution in [2.45, 2.75) is 6.54 Å². The van der Waals surface area contributed by atoms with Gasteiger partial charge in [0, 0.05) is 22.8 Å². The predicted octanol–water partition coefficient (Wildman–Crippen LogP) is 5.16. The largest absolute Gasteiger partial charge is 0.381 e. The van der Waals surface area contributed by atoms with Gasteiger partial charge in [0.05, 0.1) is 0 Å². The maximum absolute atomic E-state index is 5.84. The van der Waals surface area contributed by atoms with Crippen molar-refractivity contribution < 1.29 is 0 Å². The minimum absolute atomic E-state index is 0.742. The van der Waals surface area contributed by atoms with Crippen LogP contribution in [0.25, 0.3) is 6.08 Å². The van der Waals surface area contributed by atoms with Crippen LogP contribution in [0.1, 0.15) is 11.1 Å². The molecule has 18 heavy (non-hydrogen) atoms. The number of hydrogen-bond donors (Lipinski definition) is 1. The van der Waals surface area contributed by atoms with Gasteiger partial charge < -0.3 is 5.32 Å². The molecule has 0 spiro atoms. The van der Waals surface area contributed by atoms with Crippen LogP contribution in [0.15, 0.2) is 54.1 Å². The van der Waals surface area contributed by atoms with Crippen molar-refractivity contribution in [2.75, 3.05) is 5.32 Å². The molecule has 0 aliphatic carbocycles. The molecule has 0 aliphatic heterocycles. The van der Waals surface area contributed by atoms with Crippen LogP contribution in [-0.2, 0) is 6.54 Å². The van der Waals surface area contributed by atoms with E-state index in [1.54, 1.807) is 0 Å². The fourth-order valence-electron chi connectivity index (χ4n) is 1.69. The van der Waals surface area contributed by atoms with Crippen LogP contribution in [0.2, 0.25) is 5.02 Å². The van der Waals surface area contributed by atoms with Crippen molar-refractivity contribution >= 4 is 35.0 Å². The van der Waals surface area contributed by atoms with Gasteiger partial charge in [0.25, 0.3) is 0 Å². The summed E-state index contributed by atoms with van der Waals surface area (Å²) in [7, 11) is 0. The van der Waals surface area contributed by atoms with E-state index in [0.29, 0.717) is 0 Å². The van der Waals surface area contributed by atoms with E-state index in [4.69, 9.17) is 23.2 Å². The molecule has 0 fully saturated rings. The second kappa shape index (κ2) is 6.48. The molecule has 1 nitrogen and oxygen atoms in total. The third-order valence-corrected chi connectivity index (χ3v) is 3.00. The van der Waals surface area contributed by atoms with Crippen LogP contribution in [0.5, 0.6) is 0 Å². The SMILES string of the molecule is Cl/C=C\c1ccccc1CNc1ccc(Cl)cc1. The summed E-state index contributed by atoms with van der Waals surface area (Å²) in [6.45, 7) is 0.749. The molecule has 0 aromatic heterocycles. The fraction of sp³-hybridized carbons (Fsp3) is 0.0667. The van der Waals surface area contributed by atoms with Crippen molar-refractivity contribution in [1.29, 1.82) is 0 Å². The number of anilines is 1. The summed E-state index contributed by atoms with van der Waals surface area (Å²) < 4.78 is 0. The number of benzene rings is 2. The zero-order valence-electron chi connectivity index (χ0n) is 9.74. The predicted molar refractivity (Wildman–Crippen MR) is 80.1 cm³/mol. The normalized spacial score (nSPS) is 10.8. The van der Waals surface area contributed by atoms with Gasteiger partial charge in [-0.15, -0.1) is 0 Å². The van der Waals surface area contributed by atoms with Crippen molar-refractivity contribution in [3.05, 3.63) is 70.2 Å². The number of hydrogen-bond acceptors (Lipinski definition) is 1. The molecule has 0 saturated carbocycles. The van der Waals surface area contributed by atoms with Gasteiger partial charge in [-0.25, -0.2) is 0 Å². The molecule has 0 amide bonds. The van der Waals surface area contributed by atoms with Crippen molar-refractivity contribution in [3.8, 4) is 0 Å². The Balaban J connectivity index is 2.08. The first-order valence-electron chi connectivity index (χ1n) is 5.64. The number of nitrogens with one attached hydrogen (secondary N) is 1. The molecule has 92 valence electrons. The highest BCUT2D eigenvalue weighted by molar-refractivity contribution is 6.30. The summed E-state index contributed by atoms with van der Waals surface area (Å²) in [6.07, 6.45) is 1.89. The van der Waals surface area contributed by atoms with Crippen molar-refractivity contribution in [1.82, 2.24) is 0 Å². The molecule has 0 bridgehead atoms. The molecule has 0 heterocycles. The molecule has 3 heteroatoms. The van der Waals surface area contributed by atoms with E-state index in [1.165, 1.54) is 11.1 Å². The van der Waals surface area contributed by atoms with Crippen LogP contribution >= 0.6 is 23.2 Å². The lowest BCUT2D eigenvalue weighted by Gasteiger charge is -2.09. The Morgan fingerprint density at radius 1 is 1.00 bits per heavy atom. The van der Waals surface area contributed by atoms with Crippen LogP contribution in [0.4, 0.5) is 5.69 Å². The lowest BCUT2D eigenvalue weighted by Crippen LogP contribution is -2.00. The molecular weight excluding hydrogens is 265 g/mol. The zero-order valence-corrected chi connectivity index (χ0v) is 11.2. The summed E-state index contributed by atoms with van der Waals surface area (Å²) in [5.41, 5.74) is 4.89. The van der Waals surface area contributed by atoms with E-state index >= 15 is 0 Å². The molecule has 2 aromatic carbocycles. The highest BCUT2D eigenvalue weighted by Crippen LogP contribution is 2.16. The van der Waals surface area contributed by atoms with E-state index in [2.05, 4.69) is 11.4 Å². The Morgan fingerprint density at radius 2 is 1.72 bits per heavy atom. The summed E-state index contributed by atoms with van der Waals surface area (Å²) >= 11 is 11.5. The summed E-state index contributed by atoms with van der Waals surface area (Å²) in [5, 5.41) is 4.09. The van der Waals surface area contributed by atoms with E-state index < -0.39 is 0 Å². The quantitative estimate of drug-likeness (QED) is 0.814. The van der Waals surface area contributed by atoms with E-state index in [-0.39, 0.29) is 0 Å². The molecular formula is C15H13Cl2N. The van der Waals surface area contributed by atoms with Gasteiger partial charge in [0.15, 0.2) is 0 Å². The molecule has 1 N–H and O–H groups in total. The van der Waals surface area contributed by atoms with Gasteiger partial charge in [-0.2, -0.15) is 0 Å². The standard InChI is InChI=1S/C15H13Cl2N/c16-10-9-12-3-1-2-4-13(12)11-18-15-7-5-14(17)6-8-15/h1-10,18H,11H2/b10-9-. The van der Waals surface area contributed by atoms with Gasteiger partial charge in [0.1, 0.15) is 0 Å². The second-order valence-electron chi connectivity index (χ2n) is 3.85. The smallest absolute Gasteiger partial charge is 0.0407 e. The molecule has 0 radical (unpaired) electrons. The van der Waals surface area contributed by atoms with Gasteiger partial charge in [-0.1, -0.05) is 47.5 Å². The van der Waals surface area contributed by atoms with E-state index in [0.717, 1.165) is 22.8 Å². The molecule has 0 unspecified atom stereocenters. The number of rotatable bonds is 4. The lowest BCUT2D eigenvalue weighted by atomic mass is 10.1. The highest BCUT2D eigenvalue weighted by Gasteiger charge is 1.98. The summed E-state index contributed by atoms with van der Waals surface area (Å²) in [4.78, 5) is 0. The summed E-state index contributed by atoms with van der Waals surface area (Å²) in [6, 6.07) is 15.8. The van der Waals surface area contributed by atoms with E-state index in [9.17, 15) is 0 Å². The fourth-order valence-corrected chi connectivity index (χ4v) is 1.95. The maximum Gasteiger partial charge on any atom is 0.0407 e. The average molecular weight is 278 g/mol. The zero-order chi connectivity index (χ0) is 12.8.